The highest BCUT2D eigenvalue weighted by atomic mass is 32.2. The number of aromatic nitrogens is 5. The normalized spacial score (nSPS) is 11.8. The van der Waals surface area contributed by atoms with Gasteiger partial charge in [0.15, 0.2) is 5.03 Å². The van der Waals surface area contributed by atoms with Gasteiger partial charge in [0.05, 0.1) is 17.7 Å². The molecule has 0 radical (unpaired) electrons. The number of hydrogen-bond acceptors (Lipinski definition) is 5. The van der Waals surface area contributed by atoms with E-state index in [0.29, 0.717) is 17.2 Å². The topological polar surface area (TPSA) is 94.2 Å². The standard InChI is InChI=1S/C17H16N6O2S/c1-12-4-5-13(15-9-23-7-3-6-18-17(23)20-15)8-14(12)21-26(24,25)16-10-22(2)11-19-16/h3-11,21H,1-2H3. The Bertz CT molecular complexity index is 1180. The summed E-state index contributed by atoms with van der Waals surface area (Å²) in [4.78, 5) is 12.6. The van der Waals surface area contributed by atoms with Crippen LogP contribution in [-0.4, -0.2) is 32.3 Å². The van der Waals surface area contributed by atoms with Gasteiger partial charge in [-0.25, -0.2) is 15.0 Å². The summed E-state index contributed by atoms with van der Waals surface area (Å²) < 4.78 is 31.1. The van der Waals surface area contributed by atoms with Gasteiger partial charge in [0.2, 0.25) is 5.78 Å². The smallest absolute Gasteiger partial charge is 0.280 e. The number of rotatable bonds is 4. The second kappa shape index (κ2) is 5.95. The lowest BCUT2D eigenvalue weighted by molar-refractivity contribution is 0.598. The van der Waals surface area contributed by atoms with E-state index in [4.69, 9.17) is 0 Å². The molecule has 0 atom stereocenters. The van der Waals surface area contributed by atoms with Gasteiger partial charge in [-0.2, -0.15) is 8.42 Å². The number of aryl methyl sites for hydroxylation is 2. The van der Waals surface area contributed by atoms with Crippen LogP contribution in [0.4, 0.5) is 5.69 Å². The van der Waals surface area contributed by atoms with Crippen molar-refractivity contribution in [2.24, 2.45) is 7.05 Å². The van der Waals surface area contributed by atoms with Crippen molar-refractivity contribution in [2.45, 2.75) is 11.9 Å². The Kier molecular flexibility index (Phi) is 3.73. The van der Waals surface area contributed by atoms with Crippen LogP contribution >= 0.6 is 0 Å². The molecule has 0 fully saturated rings. The Labute approximate surface area is 150 Å². The number of sulfonamides is 1. The lowest BCUT2D eigenvalue weighted by Gasteiger charge is -2.10. The molecule has 8 nitrogen and oxygen atoms in total. The minimum atomic E-state index is -3.76. The number of anilines is 1. The van der Waals surface area contributed by atoms with Crippen LogP contribution in [0.2, 0.25) is 0 Å². The molecule has 0 aliphatic carbocycles. The van der Waals surface area contributed by atoms with Gasteiger partial charge < -0.3 is 4.57 Å². The van der Waals surface area contributed by atoms with E-state index in [0.717, 1.165) is 11.1 Å². The first-order valence-electron chi connectivity index (χ1n) is 7.84. The predicted octanol–water partition coefficient (Wildman–Crippen LogP) is 2.24. The lowest BCUT2D eigenvalue weighted by atomic mass is 10.1. The van der Waals surface area contributed by atoms with Gasteiger partial charge in [0.1, 0.15) is 0 Å². The first kappa shape index (κ1) is 16.3. The van der Waals surface area contributed by atoms with Crippen molar-refractivity contribution in [3.05, 3.63) is 60.9 Å². The van der Waals surface area contributed by atoms with Crippen LogP contribution in [-0.2, 0) is 17.1 Å². The maximum absolute atomic E-state index is 12.5. The molecule has 1 N–H and O–H groups in total. The van der Waals surface area contributed by atoms with Crippen molar-refractivity contribution < 1.29 is 8.42 Å². The summed E-state index contributed by atoms with van der Waals surface area (Å²) in [5.74, 6) is 0.582. The summed E-state index contributed by atoms with van der Waals surface area (Å²) in [5.41, 5.74) is 2.79. The molecule has 0 amide bonds. The van der Waals surface area contributed by atoms with Gasteiger partial charge in [0.25, 0.3) is 10.0 Å². The average molecular weight is 368 g/mol. The largest absolute Gasteiger partial charge is 0.339 e. The maximum Gasteiger partial charge on any atom is 0.280 e. The summed E-state index contributed by atoms with van der Waals surface area (Å²) in [6.45, 7) is 1.84. The Morgan fingerprint density at radius 2 is 2.00 bits per heavy atom. The van der Waals surface area contributed by atoms with Crippen LogP contribution < -0.4 is 4.72 Å². The molecule has 0 unspecified atom stereocenters. The third-order valence-corrected chi connectivity index (χ3v) is 5.22. The number of benzene rings is 1. The van der Waals surface area contributed by atoms with Gasteiger partial charge in [-0.3, -0.25) is 9.12 Å². The summed E-state index contributed by atoms with van der Waals surface area (Å²) in [6, 6.07) is 7.33. The summed E-state index contributed by atoms with van der Waals surface area (Å²) in [5, 5.41) is -0.0262. The number of nitrogens with one attached hydrogen (secondary N) is 1. The van der Waals surface area contributed by atoms with E-state index in [2.05, 4.69) is 19.7 Å². The molecule has 0 spiro atoms. The highest BCUT2D eigenvalue weighted by molar-refractivity contribution is 7.92. The van der Waals surface area contributed by atoms with E-state index in [1.165, 1.54) is 12.5 Å². The molecule has 0 saturated carbocycles. The average Bonchev–Trinajstić information content (AvgIpc) is 3.23. The molecular weight excluding hydrogens is 352 g/mol. The Balaban J connectivity index is 1.72. The molecule has 132 valence electrons. The fraction of sp³-hybridized carbons (Fsp3) is 0.118. The Hall–Kier alpha value is -3.20. The third kappa shape index (κ3) is 2.93. The molecule has 1 aromatic carbocycles. The number of fused-ring (bicyclic) bond motifs is 1. The molecule has 0 saturated heterocycles. The zero-order chi connectivity index (χ0) is 18.3. The molecule has 4 aromatic rings. The summed E-state index contributed by atoms with van der Waals surface area (Å²) in [7, 11) is -2.04. The van der Waals surface area contributed by atoms with Crippen molar-refractivity contribution in [3.63, 3.8) is 0 Å². The molecule has 3 heterocycles. The summed E-state index contributed by atoms with van der Waals surface area (Å²) in [6.07, 6.45) is 8.28. The summed E-state index contributed by atoms with van der Waals surface area (Å²) >= 11 is 0. The van der Waals surface area contributed by atoms with E-state index < -0.39 is 10.0 Å². The second-order valence-electron chi connectivity index (χ2n) is 5.97. The fourth-order valence-electron chi connectivity index (χ4n) is 2.58. The van der Waals surface area contributed by atoms with Gasteiger partial charge in [-0.1, -0.05) is 12.1 Å². The molecular formula is C17H16N6O2S. The van der Waals surface area contributed by atoms with Gasteiger partial charge >= 0.3 is 0 Å². The van der Waals surface area contributed by atoms with E-state index in [1.54, 1.807) is 23.9 Å². The van der Waals surface area contributed by atoms with Crippen molar-refractivity contribution in [3.8, 4) is 11.3 Å². The number of nitrogens with zero attached hydrogens (tertiary/aromatic N) is 5. The zero-order valence-corrected chi connectivity index (χ0v) is 15.0. The van der Waals surface area contributed by atoms with Crippen LogP contribution in [0.5, 0.6) is 0 Å². The van der Waals surface area contributed by atoms with E-state index >= 15 is 0 Å². The van der Waals surface area contributed by atoms with Gasteiger partial charge in [-0.05, 0) is 24.6 Å². The Morgan fingerprint density at radius 3 is 2.73 bits per heavy atom. The Morgan fingerprint density at radius 1 is 1.15 bits per heavy atom. The molecule has 4 rings (SSSR count). The minimum absolute atomic E-state index is 0.0262. The van der Waals surface area contributed by atoms with Crippen molar-refractivity contribution in [1.82, 2.24) is 23.9 Å². The fourth-order valence-corrected chi connectivity index (χ4v) is 3.69. The predicted molar refractivity (Wildman–Crippen MR) is 97.2 cm³/mol. The molecule has 0 aliphatic heterocycles. The lowest BCUT2D eigenvalue weighted by Crippen LogP contribution is -2.14. The van der Waals surface area contributed by atoms with E-state index in [-0.39, 0.29) is 5.03 Å². The molecule has 26 heavy (non-hydrogen) atoms. The maximum atomic E-state index is 12.5. The van der Waals surface area contributed by atoms with Crippen LogP contribution in [0.3, 0.4) is 0 Å². The second-order valence-corrected chi connectivity index (χ2v) is 7.59. The number of hydrogen-bond donors (Lipinski definition) is 1. The first-order valence-corrected chi connectivity index (χ1v) is 9.32. The SMILES string of the molecule is Cc1ccc(-c2cn3cccnc3n2)cc1NS(=O)(=O)c1cn(C)cn1. The molecule has 0 bridgehead atoms. The molecule has 3 aromatic heterocycles. The van der Waals surface area contributed by atoms with Crippen molar-refractivity contribution in [2.75, 3.05) is 4.72 Å². The van der Waals surface area contributed by atoms with Crippen LogP contribution in [0, 0.1) is 6.92 Å². The molecule has 0 aliphatic rings. The first-order chi connectivity index (χ1) is 12.4. The van der Waals surface area contributed by atoms with Crippen molar-refractivity contribution in [1.29, 1.82) is 0 Å². The minimum Gasteiger partial charge on any atom is -0.339 e. The molecule has 9 heteroatoms. The number of imidazole rings is 2. The van der Waals surface area contributed by atoms with E-state index in [1.807, 2.05) is 41.9 Å². The van der Waals surface area contributed by atoms with Gasteiger partial charge in [0, 0.05) is 37.4 Å². The quantitative estimate of drug-likeness (QED) is 0.596. The van der Waals surface area contributed by atoms with E-state index in [9.17, 15) is 8.42 Å². The van der Waals surface area contributed by atoms with Crippen LogP contribution in [0.15, 0.2) is 60.4 Å². The highest BCUT2D eigenvalue weighted by Gasteiger charge is 2.18. The third-order valence-electron chi connectivity index (χ3n) is 3.97. The van der Waals surface area contributed by atoms with Crippen LogP contribution in [0.1, 0.15) is 5.56 Å². The van der Waals surface area contributed by atoms with Gasteiger partial charge in [-0.15, -0.1) is 0 Å². The monoisotopic (exact) mass is 368 g/mol. The van der Waals surface area contributed by atoms with Crippen LogP contribution in [0.25, 0.3) is 17.0 Å². The zero-order valence-electron chi connectivity index (χ0n) is 14.2. The highest BCUT2D eigenvalue weighted by Crippen LogP contribution is 2.26. The van der Waals surface area contributed by atoms with Crippen molar-refractivity contribution >= 4 is 21.5 Å².